The SMILES string of the molecule is CN(C(=O)CN1CCCCC1=O)c1cnc2nc(-c3n[nH]c4c3CC3C[C@]3(C)C4)[nH]c2c1. The largest absolute Gasteiger partial charge is 0.335 e. The number of likely N-dealkylation sites (tertiary alicyclic amines) is 1. The minimum atomic E-state index is -0.130. The van der Waals surface area contributed by atoms with E-state index in [0.29, 0.717) is 35.5 Å². The van der Waals surface area contributed by atoms with Gasteiger partial charge in [-0.05, 0) is 49.5 Å². The molecule has 4 heterocycles. The van der Waals surface area contributed by atoms with E-state index >= 15 is 0 Å². The van der Waals surface area contributed by atoms with Crippen LogP contribution in [0, 0.1) is 11.3 Å². The van der Waals surface area contributed by atoms with Gasteiger partial charge in [0, 0.05) is 31.3 Å². The highest BCUT2D eigenvalue weighted by Gasteiger charge is 2.53. The molecule has 2 amide bonds. The van der Waals surface area contributed by atoms with E-state index in [0.717, 1.165) is 42.8 Å². The van der Waals surface area contributed by atoms with Crippen molar-refractivity contribution in [2.75, 3.05) is 25.0 Å². The number of aromatic amines is 2. The summed E-state index contributed by atoms with van der Waals surface area (Å²) in [6.07, 6.45) is 7.40. The predicted molar refractivity (Wildman–Crippen MR) is 119 cm³/mol. The van der Waals surface area contributed by atoms with E-state index in [-0.39, 0.29) is 18.4 Å². The Hall–Kier alpha value is -3.23. The molecule has 166 valence electrons. The molecule has 3 aromatic heterocycles. The fourth-order valence-corrected chi connectivity index (χ4v) is 5.28. The highest BCUT2D eigenvalue weighted by molar-refractivity contribution is 5.97. The summed E-state index contributed by atoms with van der Waals surface area (Å²) in [7, 11) is 1.72. The maximum atomic E-state index is 12.8. The average molecular weight is 434 g/mol. The van der Waals surface area contributed by atoms with Gasteiger partial charge in [0.15, 0.2) is 11.5 Å². The Balaban J connectivity index is 1.24. The number of piperidine rings is 1. The second kappa shape index (κ2) is 6.88. The highest BCUT2D eigenvalue weighted by atomic mass is 16.2. The van der Waals surface area contributed by atoms with Gasteiger partial charge in [-0.3, -0.25) is 14.7 Å². The number of anilines is 1. The third-order valence-corrected chi connectivity index (χ3v) is 7.58. The summed E-state index contributed by atoms with van der Waals surface area (Å²) in [5.74, 6) is 1.37. The number of fused-ring (bicyclic) bond motifs is 3. The Morgan fingerprint density at radius 1 is 1.38 bits per heavy atom. The number of pyridine rings is 1. The fraction of sp³-hybridized carbons (Fsp3) is 0.522. The quantitative estimate of drug-likeness (QED) is 0.657. The lowest BCUT2D eigenvalue weighted by Crippen LogP contribution is -2.43. The van der Waals surface area contributed by atoms with Crippen molar-refractivity contribution < 1.29 is 9.59 Å². The molecule has 32 heavy (non-hydrogen) atoms. The predicted octanol–water partition coefficient (Wildman–Crippen LogP) is 2.45. The van der Waals surface area contributed by atoms with Crippen LogP contribution in [0.1, 0.15) is 43.9 Å². The van der Waals surface area contributed by atoms with Crippen LogP contribution in [0.2, 0.25) is 0 Å². The van der Waals surface area contributed by atoms with Gasteiger partial charge in [-0.1, -0.05) is 6.92 Å². The van der Waals surface area contributed by atoms with Crippen molar-refractivity contribution in [3.8, 4) is 11.5 Å². The molecule has 1 unspecified atom stereocenters. The van der Waals surface area contributed by atoms with Crippen LogP contribution in [-0.4, -0.2) is 62.0 Å². The van der Waals surface area contributed by atoms with Crippen LogP contribution in [0.15, 0.2) is 12.3 Å². The third-order valence-electron chi connectivity index (χ3n) is 7.58. The molecule has 1 aliphatic heterocycles. The van der Waals surface area contributed by atoms with Crippen molar-refractivity contribution >= 4 is 28.7 Å². The van der Waals surface area contributed by atoms with Crippen LogP contribution in [0.5, 0.6) is 0 Å². The topological polar surface area (TPSA) is 111 Å². The lowest BCUT2D eigenvalue weighted by molar-refractivity contribution is -0.137. The van der Waals surface area contributed by atoms with E-state index in [2.05, 4.69) is 32.1 Å². The zero-order valence-electron chi connectivity index (χ0n) is 18.4. The van der Waals surface area contributed by atoms with Gasteiger partial charge in [0.1, 0.15) is 12.2 Å². The molecule has 0 aromatic carbocycles. The number of rotatable bonds is 4. The van der Waals surface area contributed by atoms with Gasteiger partial charge in [0.2, 0.25) is 11.8 Å². The fourth-order valence-electron chi connectivity index (χ4n) is 5.28. The van der Waals surface area contributed by atoms with Gasteiger partial charge in [0.25, 0.3) is 0 Å². The van der Waals surface area contributed by atoms with Gasteiger partial charge < -0.3 is 14.8 Å². The summed E-state index contributed by atoms with van der Waals surface area (Å²) in [6.45, 7) is 3.10. The second-order valence-electron chi connectivity index (χ2n) is 9.84. The van der Waals surface area contributed by atoms with Gasteiger partial charge in [-0.25, -0.2) is 9.97 Å². The molecule has 0 spiro atoms. The van der Waals surface area contributed by atoms with E-state index in [1.165, 1.54) is 17.7 Å². The first-order chi connectivity index (χ1) is 15.4. The molecule has 2 aliphatic carbocycles. The first-order valence-electron chi connectivity index (χ1n) is 11.4. The maximum absolute atomic E-state index is 12.8. The number of nitrogens with one attached hydrogen (secondary N) is 2. The number of carbonyl (C=O) groups excluding carboxylic acids is 2. The summed E-state index contributed by atoms with van der Waals surface area (Å²) >= 11 is 0. The molecule has 3 aromatic rings. The van der Waals surface area contributed by atoms with E-state index in [1.54, 1.807) is 23.0 Å². The van der Waals surface area contributed by atoms with E-state index in [4.69, 9.17) is 0 Å². The van der Waals surface area contributed by atoms with Crippen molar-refractivity contribution in [2.45, 2.75) is 45.4 Å². The van der Waals surface area contributed by atoms with E-state index in [9.17, 15) is 9.59 Å². The first kappa shape index (κ1) is 19.5. The molecular weight excluding hydrogens is 406 g/mol. The molecule has 2 fully saturated rings. The number of aromatic nitrogens is 5. The number of carbonyl (C=O) groups is 2. The van der Waals surface area contributed by atoms with Gasteiger partial charge >= 0.3 is 0 Å². The monoisotopic (exact) mass is 433 g/mol. The van der Waals surface area contributed by atoms with Crippen molar-refractivity contribution in [3.05, 3.63) is 23.5 Å². The molecular formula is C23H27N7O2. The van der Waals surface area contributed by atoms with Crippen LogP contribution in [-0.2, 0) is 22.4 Å². The average Bonchev–Trinajstić information content (AvgIpc) is 3.09. The number of hydrogen-bond acceptors (Lipinski definition) is 5. The lowest BCUT2D eigenvalue weighted by Gasteiger charge is -2.28. The minimum Gasteiger partial charge on any atom is -0.335 e. The standard InChI is InChI=1S/C23H27N7O2/c1-23-9-13(23)7-15-17(10-23)27-28-20(15)22-25-16-8-14(11-24-21(16)26-22)29(2)19(32)12-30-6-4-3-5-18(30)31/h8,11,13H,3-7,9-10,12H2,1-2H3,(H,27,28)(H,24,25,26)/t13?,23-/m1/s1. The molecule has 9 nitrogen and oxygen atoms in total. The van der Waals surface area contributed by atoms with E-state index in [1.807, 2.05) is 6.07 Å². The van der Waals surface area contributed by atoms with Crippen molar-refractivity contribution in [1.82, 2.24) is 30.0 Å². The van der Waals surface area contributed by atoms with Crippen molar-refractivity contribution in [3.63, 3.8) is 0 Å². The Morgan fingerprint density at radius 2 is 2.25 bits per heavy atom. The number of likely N-dealkylation sites (N-methyl/N-ethyl adjacent to an activating group) is 1. The molecule has 9 heteroatoms. The Labute approximate surface area is 185 Å². The van der Waals surface area contributed by atoms with Crippen molar-refractivity contribution in [1.29, 1.82) is 0 Å². The molecule has 1 saturated carbocycles. The number of H-pyrrole nitrogens is 2. The zero-order chi connectivity index (χ0) is 22.0. The van der Waals surface area contributed by atoms with Crippen LogP contribution in [0.25, 0.3) is 22.7 Å². The van der Waals surface area contributed by atoms with E-state index < -0.39 is 0 Å². The molecule has 3 aliphatic rings. The van der Waals surface area contributed by atoms with Crippen LogP contribution in [0.3, 0.4) is 0 Å². The summed E-state index contributed by atoms with van der Waals surface area (Å²) in [4.78, 5) is 40.5. The Kier molecular flexibility index (Phi) is 4.18. The van der Waals surface area contributed by atoms with Crippen LogP contribution >= 0.6 is 0 Å². The third kappa shape index (κ3) is 3.10. The highest BCUT2D eigenvalue weighted by Crippen LogP contribution is 2.59. The number of hydrogen-bond donors (Lipinski definition) is 2. The summed E-state index contributed by atoms with van der Waals surface area (Å²) in [5.41, 5.74) is 5.83. The van der Waals surface area contributed by atoms with Gasteiger partial charge in [-0.2, -0.15) is 5.10 Å². The number of imidazole rings is 1. The molecule has 2 N–H and O–H groups in total. The smallest absolute Gasteiger partial charge is 0.246 e. The molecule has 6 rings (SSSR count). The minimum absolute atomic E-state index is 0.0543. The Bertz CT molecular complexity index is 1240. The molecule has 0 radical (unpaired) electrons. The summed E-state index contributed by atoms with van der Waals surface area (Å²) < 4.78 is 0. The zero-order valence-corrected chi connectivity index (χ0v) is 18.4. The second-order valence-corrected chi connectivity index (χ2v) is 9.84. The number of nitrogens with zero attached hydrogens (tertiary/aromatic N) is 5. The summed E-state index contributed by atoms with van der Waals surface area (Å²) in [6, 6.07) is 1.88. The number of amides is 2. The Morgan fingerprint density at radius 3 is 3.09 bits per heavy atom. The molecule has 2 atom stereocenters. The van der Waals surface area contributed by atoms with Crippen LogP contribution in [0.4, 0.5) is 5.69 Å². The first-order valence-corrected chi connectivity index (χ1v) is 11.4. The van der Waals surface area contributed by atoms with Crippen molar-refractivity contribution in [2.24, 2.45) is 11.3 Å². The van der Waals surface area contributed by atoms with Gasteiger partial charge in [0.05, 0.1) is 17.4 Å². The maximum Gasteiger partial charge on any atom is 0.246 e. The molecule has 0 bridgehead atoms. The molecule has 1 saturated heterocycles. The van der Waals surface area contributed by atoms with Gasteiger partial charge in [-0.15, -0.1) is 0 Å². The summed E-state index contributed by atoms with van der Waals surface area (Å²) in [5, 5.41) is 7.78. The lowest BCUT2D eigenvalue weighted by atomic mass is 9.88. The normalized spacial score (nSPS) is 24.4. The van der Waals surface area contributed by atoms with Crippen LogP contribution < -0.4 is 4.90 Å².